The quantitative estimate of drug-likeness (QED) is 0.549. The van der Waals surface area contributed by atoms with Gasteiger partial charge in [0, 0.05) is 38.0 Å². The van der Waals surface area contributed by atoms with Crippen molar-refractivity contribution in [2.45, 2.75) is 39.3 Å². The van der Waals surface area contributed by atoms with Crippen LogP contribution in [0.15, 0.2) is 17.1 Å². The number of likely N-dealkylation sites (N-methyl/N-ethyl adjacent to an activating group) is 1. The maximum Gasteiger partial charge on any atom is 0.223 e. The molecular formula is C15H26N2O4. The standard InChI is InChI=1S/C15H26N2O4/c1-2-16(7-9-19)11-13-10-14(20)15(21)12-17(13)6-4-3-5-8-18/h10,12,18-19,21H,2-9,11H2,1H3. The Morgan fingerprint density at radius 1 is 1.19 bits per heavy atom. The fraction of sp³-hybridized carbons (Fsp3) is 0.667. The summed E-state index contributed by atoms with van der Waals surface area (Å²) in [6.45, 7) is 4.84. The Hall–Kier alpha value is -1.37. The Morgan fingerprint density at radius 2 is 1.95 bits per heavy atom. The van der Waals surface area contributed by atoms with Gasteiger partial charge in [-0.05, 0) is 25.8 Å². The van der Waals surface area contributed by atoms with Crippen LogP contribution >= 0.6 is 0 Å². The van der Waals surface area contributed by atoms with Gasteiger partial charge in [0.05, 0.1) is 12.8 Å². The molecule has 1 aromatic heterocycles. The summed E-state index contributed by atoms with van der Waals surface area (Å²) in [6, 6.07) is 1.46. The van der Waals surface area contributed by atoms with E-state index in [2.05, 4.69) is 0 Å². The van der Waals surface area contributed by atoms with Crippen molar-refractivity contribution in [3.05, 3.63) is 28.2 Å². The molecule has 0 aromatic carbocycles. The maximum atomic E-state index is 11.6. The first-order valence-corrected chi connectivity index (χ1v) is 7.48. The van der Waals surface area contributed by atoms with Gasteiger partial charge in [-0.3, -0.25) is 9.69 Å². The van der Waals surface area contributed by atoms with Crippen molar-refractivity contribution >= 4 is 0 Å². The van der Waals surface area contributed by atoms with Crippen molar-refractivity contribution in [3.63, 3.8) is 0 Å². The number of aromatic hydroxyl groups is 1. The molecule has 6 heteroatoms. The third-order valence-corrected chi connectivity index (χ3v) is 3.50. The van der Waals surface area contributed by atoms with Gasteiger partial charge in [-0.25, -0.2) is 0 Å². The van der Waals surface area contributed by atoms with Gasteiger partial charge < -0.3 is 19.9 Å². The lowest BCUT2D eigenvalue weighted by atomic mass is 10.2. The molecule has 0 saturated heterocycles. The van der Waals surface area contributed by atoms with Crippen LogP contribution in [0.25, 0.3) is 0 Å². The fourth-order valence-corrected chi connectivity index (χ4v) is 2.24. The third kappa shape index (κ3) is 5.87. The summed E-state index contributed by atoms with van der Waals surface area (Å²) < 4.78 is 1.88. The van der Waals surface area contributed by atoms with Gasteiger partial charge in [0.2, 0.25) is 5.43 Å². The second-order valence-electron chi connectivity index (χ2n) is 5.08. The first-order valence-electron chi connectivity index (χ1n) is 7.48. The Balaban J connectivity index is 2.83. The molecule has 0 amide bonds. The van der Waals surface area contributed by atoms with Gasteiger partial charge in [0.15, 0.2) is 5.75 Å². The van der Waals surface area contributed by atoms with Gasteiger partial charge >= 0.3 is 0 Å². The van der Waals surface area contributed by atoms with Crippen molar-refractivity contribution in [1.82, 2.24) is 9.47 Å². The maximum absolute atomic E-state index is 11.6. The van der Waals surface area contributed by atoms with E-state index in [1.165, 1.54) is 12.3 Å². The molecule has 0 radical (unpaired) electrons. The molecule has 1 aromatic rings. The molecule has 0 spiro atoms. The SMILES string of the molecule is CCN(CCO)Cc1cc(=O)c(O)cn1CCCCCO. The van der Waals surface area contributed by atoms with Crippen LogP contribution in [-0.4, -0.2) is 51.1 Å². The summed E-state index contributed by atoms with van der Waals surface area (Å²) in [5.41, 5.74) is 0.453. The Morgan fingerprint density at radius 3 is 2.57 bits per heavy atom. The lowest BCUT2D eigenvalue weighted by molar-refractivity contribution is 0.193. The van der Waals surface area contributed by atoms with Crippen LogP contribution < -0.4 is 5.43 Å². The highest BCUT2D eigenvalue weighted by atomic mass is 16.3. The zero-order valence-corrected chi connectivity index (χ0v) is 12.7. The van der Waals surface area contributed by atoms with E-state index in [1.807, 2.05) is 16.4 Å². The van der Waals surface area contributed by atoms with Crippen molar-refractivity contribution in [2.75, 3.05) is 26.3 Å². The van der Waals surface area contributed by atoms with Gasteiger partial charge in [-0.2, -0.15) is 0 Å². The minimum atomic E-state index is -0.378. The fourth-order valence-electron chi connectivity index (χ4n) is 2.24. The topological polar surface area (TPSA) is 85.9 Å². The second kappa shape index (κ2) is 9.55. The predicted molar refractivity (Wildman–Crippen MR) is 81.3 cm³/mol. The molecule has 0 aliphatic carbocycles. The number of hydrogen-bond donors (Lipinski definition) is 3. The number of aliphatic hydroxyl groups is 2. The van der Waals surface area contributed by atoms with E-state index in [-0.39, 0.29) is 24.4 Å². The summed E-state index contributed by atoms with van der Waals surface area (Å²) in [6.07, 6.45) is 4.01. The van der Waals surface area contributed by atoms with Gasteiger partial charge in [-0.15, -0.1) is 0 Å². The van der Waals surface area contributed by atoms with Crippen LogP contribution in [0.4, 0.5) is 0 Å². The van der Waals surface area contributed by atoms with Crippen molar-refractivity contribution < 1.29 is 15.3 Å². The van der Waals surface area contributed by atoms with E-state index in [0.29, 0.717) is 19.6 Å². The average molecular weight is 298 g/mol. The van der Waals surface area contributed by atoms with Crippen LogP contribution in [0, 0.1) is 0 Å². The monoisotopic (exact) mass is 298 g/mol. The molecule has 0 bridgehead atoms. The number of aromatic nitrogens is 1. The number of unbranched alkanes of at least 4 members (excludes halogenated alkanes) is 2. The van der Waals surface area contributed by atoms with E-state index in [4.69, 9.17) is 10.2 Å². The van der Waals surface area contributed by atoms with Gasteiger partial charge in [-0.1, -0.05) is 6.92 Å². The Labute approximate surface area is 125 Å². The van der Waals surface area contributed by atoms with E-state index in [1.54, 1.807) is 0 Å². The minimum Gasteiger partial charge on any atom is -0.503 e. The molecule has 0 saturated carbocycles. The smallest absolute Gasteiger partial charge is 0.223 e. The van der Waals surface area contributed by atoms with E-state index in [9.17, 15) is 9.90 Å². The molecule has 1 heterocycles. The van der Waals surface area contributed by atoms with E-state index in [0.717, 1.165) is 31.5 Å². The molecule has 0 unspecified atom stereocenters. The minimum absolute atomic E-state index is 0.0760. The summed E-state index contributed by atoms with van der Waals surface area (Å²) in [4.78, 5) is 13.7. The highest BCUT2D eigenvalue weighted by Gasteiger charge is 2.09. The lowest BCUT2D eigenvalue weighted by Gasteiger charge is -2.22. The molecule has 6 nitrogen and oxygen atoms in total. The van der Waals surface area contributed by atoms with Crippen LogP contribution in [0.3, 0.4) is 0 Å². The number of aliphatic hydroxyl groups excluding tert-OH is 2. The summed E-state index contributed by atoms with van der Waals surface area (Å²) >= 11 is 0. The number of rotatable bonds is 10. The molecule has 0 aliphatic rings. The summed E-state index contributed by atoms with van der Waals surface area (Å²) in [5.74, 6) is -0.244. The first-order chi connectivity index (χ1) is 10.1. The van der Waals surface area contributed by atoms with Crippen LogP contribution in [-0.2, 0) is 13.1 Å². The number of nitrogens with zero attached hydrogens (tertiary/aromatic N) is 2. The van der Waals surface area contributed by atoms with Gasteiger partial charge in [0.25, 0.3) is 0 Å². The summed E-state index contributed by atoms with van der Waals surface area (Å²) in [7, 11) is 0. The number of hydrogen-bond acceptors (Lipinski definition) is 5. The molecule has 1 rings (SSSR count). The zero-order chi connectivity index (χ0) is 15.7. The lowest BCUT2D eigenvalue weighted by Crippen LogP contribution is -2.28. The van der Waals surface area contributed by atoms with E-state index < -0.39 is 0 Å². The Bertz CT molecular complexity index is 473. The molecule has 0 fully saturated rings. The first kappa shape index (κ1) is 17.7. The molecular weight excluding hydrogens is 272 g/mol. The van der Waals surface area contributed by atoms with Crippen molar-refractivity contribution in [2.24, 2.45) is 0 Å². The van der Waals surface area contributed by atoms with Crippen LogP contribution in [0.2, 0.25) is 0 Å². The number of pyridine rings is 1. The van der Waals surface area contributed by atoms with Crippen LogP contribution in [0.1, 0.15) is 31.9 Å². The Kier molecular flexibility index (Phi) is 8.04. The number of aryl methyl sites for hydroxylation is 1. The zero-order valence-electron chi connectivity index (χ0n) is 12.7. The van der Waals surface area contributed by atoms with E-state index >= 15 is 0 Å². The molecule has 0 aliphatic heterocycles. The van der Waals surface area contributed by atoms with Crippen molar-refractivity contribution in [3.8, 4) is 5.75 Å². The highest BCUT2D eigenvalue weighted by Crippen LogP contribution is 2.10. The molecule has 3 N–H and O–H groups in total. The highest BCUT2D eigenvalue weighted by molar-refractivity contribution is 5.20. The van der Waals surface area contributed by atoms with Crippen molar-refractivity contribution in [1.29, 1.82) is 0 Å². The molecule has 0 atom stereocenters. The largest absolute Gasteiger partial charge is 0.503 e. The molecule has 120 valence electrons. The summed E-state index contributed by atoms with van der Waals surface area (Å²) in [5, 5.41) is 27.4. The average Bonchev–Trinajstić information content (AvgIpc) is 2.47. The molecule has 21 heavy (non-hydrogen) atoms. The van der Waals surface area contributed by atoms with Gasteiger partial charge in [0.1, 0.15) is 0 Å². The normalized spacial score (nSPS) is 11.2. The second-order valence-corrected chi connectivity index (χ2v) is 5.08. The van der Waals surface area contributed by atoms with Crippen LogP contribution in [0.5, 0.6) is 5.75 Å². The predicted octanol–water partition coefficient (Wildman–Crippen LogP) is 0.531. The third-order valence-electron chi connectivity index (χ3n) is 3.50.